The molecule has 1 fully saturated rings. The van der Waals surface area contributed by atoms with E-state index >= 15 is 0 Å². The first-order chi connectivity index (χ1) is 16.4. The zero-order valence-electron chi connectivity index (χ0n) is 18.2. The summed E-state index contributed by atoms with van der Waals surface area (Å²) >= 11 is 0. The molecule has 2 aromatic carbocycles. The van der Waals surface area contributed by atoms with Gasteiger partial charge in [-0.1, -0.05) is 47.6 Å². The second-order valence-corrected chi connectivity index (χ2v) is 7.88. The third-order valence-electron chi connectivity index (χ3n) is 5.70. The highest BCUT2D eigenvalue weighted by Gasteiger charge is 2.36. The summed E-state index contributed by atoms with van der Waals surface area (Å²) < 4.78 is 45.2. The lowest BCUT2D eigenvalue weighted by molar-refractivity contribution is -0.138. The van der Waals surface area contributed by atoms with Crippen LogP contribution in [0.4, 0.5) is 13.2 Å². The van der Waals surface area contributed by atoms with Crippen LogP contribution >= 0.6 is 0 Å². The molecule has 1 unspecified atom stereocenters. The predicted molar refractivity (Wildman–Crippen MR) is 118 cm³/mol. The van der Waals surface area contributed by atoms with Crippen LogP contribution in [0.5, 0.6) is 0 Å². The van der Waals surface area contributed by atoms with Crippen molar-refractivity contribution in [2.24, 2.45) is 0 Å². The number of piperazine rings is 1. The van der Waals surface area contributed by atoms with Crippen molar-refractivity contribution in [2.45, 2.75) is 18.9 Å². The molecule has 1 atom stereocenters. The van der Waals surface area contributed by atoms with Gasteiger partial charge in [-0.2, -0.15) is 13.2 Å². The maximum Gasteiger partial charge on any atom is 0.417 e. The van der Waals surface area contributed by atoms with Gasteiger partial charge in [-0.15, -0.1) is 0 Å². The zero-order chi connectivity index (χ0) is 24.1. The Kier molecular flexibility index (Phi) is 7.09. The van der Waals surface area contributed by atoms with Crippen molar-refractivity contribution in [3.05, 3.63) is 77.5 Å². The van der Waals surface area contributed by atoms with Crippen LogP contribution in [0.3, 0.4) is 0 Å². The van der Waals surface area contributed by atoms with Gasteiger partial charge < -0.3 is 14.2 Å². The second-order valence-electron chi connectivity index (χ2n) is 7.88. The largest absolute Gasteiger partial charge is 0.417 e. The minimum Gasteiger partial charge on any atom is -0.356 e. The molecule has 3 aromatic rings. The van der Waals surface area contributed by atoms with Crippen LogP contribution in [0.1, 0.15) is 21.6 Å². The molecule has 1 aromatic heterocycles. The highest BCUT2D eigenvalue weighted by molar-refractivity contribution is 5.96. The van der Waals surface area contributed by atoms with Gasteiger partial charge in [-0.05, 0) is 12.1 Å². The molecule has 4 rings (SSSR count). The molecule has 1 aliphatic heterocycles. The van der Waals surface area contributed by atoms with E-state index < -0.39 is 23.8 Å². The van der Waals surface area contributed by atoms with Crippen LogP contribution in [0.25, 0.3) is 11.3 Å². The summed E-state index contributed by atoms with van der Waals surface area (Å²) in [6.45, 7) is 1.38. The molecular weight excluding hydrogens is 449 g/mol. The molecule has 0 spiro atoms. The summed E-state index contributed by atoms with van der Waals surface area (Å²) in [5.41, 5.74) is 0.204. The van der Waals surface area contributed by atoms with E-state index in [4.69, 9.17) is 4.52 Å². The van der Waals surface area contributed by atoms with Crippen molar-refractivity contribution in [2.75, 3.05) is 26.2 Å². The topological polar surface area (TPSA) is 78.7 Å². The Balaban J connectivity index is 1.33. The van der Waals surface area contributed by atoms with Crippen molar-refractivity contribution < 1.29 is 27.3 Å². The van der Waals surface area contributed by atoms with Crippen molar-refractivity contribution in [3.63, 3.8) is 0 Å². The van der Waals surface area contributed by atoms with Gasteiger partial charge in [0.15, 0.2) is 12.0 Å². The van der Waals surface area contributed by atoms with Crippen molar-refractivity contribution >= 4 is 12.2 Å². The highest BCUT2D eigenvalue weighted by atomic mass is 19.4. The van der Waals surface area contributed by atoms with Gasteiger partial charge in [-0.3, -0.25) is 15.0 Å². The number of carbonyl (C=O) groups is 2. The third-order valence-corrected chi connectivity index (χ3v) is 5.70. The number of nitrogens with zero attached hydrogens (tertiary/aromatic N) is 3. The fourth-order valence-corrected chi connectivity index (χ4v) is 3.90. The molecule has 10 heteroatoms. The maximum absolute atomic E-state index is 13.3. The van der Waals surface area contributed by atoms with E-state index in [9.17, 15) is 22.8 Å². The SMILES string of the molecule is O=CC(NCc1cc(-c2ccccc2)on1)N1CCN(C(=O)c2ccccc2C(F)(F)F)CC1. The van der Waals surface area contributed by atoms with Crippen LogP contribution < -0.4 is 5.32 Å². The molecule has 1 aliphatic rings. The number of amides is 1. The molecule has 1 N–H and O–H groups in total. The highest BCUT2D eigenvalue weighted by Crippen LogP contribution is 2.32. The van der Waals surface area contributed by atoms with Crippen LogP contribution in [-0.2, 0) is 17.5 Å². The van der Waals surface area contributed by atoms with Crippen molar-refractivity contribution in [3.8, 4) is 11.3 Å². The minimum atomic E-state index is -4.61. The number of benzene rings is 2. The average molecular weight is 472 g/mol. The summed E-state index contributed by atoms with van der Waals surface area (Å²) in [4.78, 5) is 27.7. The summed E-state index contributed by atoms with van der Waals surface area (Å²) in [5, 5.41) is 7.13. The minimum absolute atomic E-state index is 0.208. The van der Waals surface area contributed by atoms with Crippen LogP contribution in [0.2, 0.25) is 0 Å². The number of alkyl halides is 3. The first-order valence-corrected chi connectivity index (χ1v) is 10.8. The number of rotatable bonds is 7. The summed E-state index contributed by atoms with van der Waals surface area (Å²) in [5.74, 6) is -0.0504. The summed E-state index contributed by atoms with van der Waals surface area (Å²) in [6, 6.07) is 16.1. The summed E-state index contributed by atoms with van der Waals surface area (Å²) in [7, 11) is 0. The van der Waals surface area contributed by atoms with Gasteiger partial charge in [0.1, 0.15) is 6.17 Å². The van der Waals surface area contributed by atoms with Gasteiger partial charge in [-0.25, -0.2) is 0 Å². The molecule has 0 aliphatic carbocycles. The Labute approximate surface area is 194 Å². The zero-order valence-corrected chi connectivity index (χ0v) is 18.2. The van der Waals surface area contributed by atoms with Crippen molar-refractivity contribution in [1.82, 2.24) is 20.3 Å². The third kappa shape index (κ3) is 5.35. The van der Waals surface area contributed by atoms with E-state index in [1.54, 1.807) is 6.07 Å². The van der Waals surface area contributed by atoms with E-state index in [1.165, 1.54) is 23.1 Å². The van der Waals surface area contributed by atoms with Gasteiger partial charge in [0.2, 0.25) is 0 Å². The molecule has 1 amide bonds. The monoisotopic (exact) mass is 472 g/mol. The Morgan fingerprint density at radius 2 is 1.74 bits per heavy atom. The van der Waals surface area contributed by atoms with Gasteiger partial charge in [0.25, 0.3) is 5.91 Å². The van der Waals surface area contributed by atoms with Crippen LogP contribution in [0.15, 0.2) is 65.2 Å². The first-order valence-electron chi connectivity index (χ1n) is 10.8. The quantitative estimate of drug-likeness (QED) is 0.531. The number of aromatic nitrogens is 1. The number of hydrogen-bond acceptors (Lipinski definition) is 6. The fourth-order valence-electron chi connectivity index (χ4n) is 3.90. The number of nitrogens with one attached hydrogen (secondary N) is 1. The van der Waals surface area contributed by atoms with Crippen LogP contribution in [-0.4, -0.2) is 59.5 Å². The van der Waals surface area contributed by atoms with E-state index in [1.807, 2.05) is 35.2 Å². The molecule has 2 heterocycles. The molecule has 1 saturated heterocycles. The average Bonchev–Trinajstić information content (AvgIpc) is 3.33. The molecule has 0 bridgehead atoms. The Morgan fingerprint density at radius 3 is 2.41 bits per heavy atom. The molecule has 178 valence electrons. The first kappa shape index (κ1) is 23.7. The molecule has 0 radical (unpaired) electrons. The number of carbonyl (C=O) groups excluding carboxylic acids is 2. The lowest BCUT2D eigenvalue weighted by atomic mass is 10.1. The second kappa shape index (κ2) is 10.2. The van der Waals surface area contributed by atoms with E-state index in [2.05, 4.69) is 10.5 Å². The maximum atomic E-state index is 13.3. The number of aldehydes is 1. The molecular formula is C24H23F3N4O3. The van der Waals surface area contributed by atoms with Crippen LogP contribution in [0, 0.1) is 0 Å². The van der Waals surface area contributed by atoms with Crippen molar-refractivity contribution in [1.29, 1.82) is 0 Å². The standard InChI is InChI=1S/C24H23F3N4O3/c25-24(26,27)20-9-5-4-8-19(20)23(33)31-12-10-30(11-13-31)22(16-32)28-15-18-14-21(34-29-18)17-6-2-1-3-7-17/h1-9,14,16,22,28H,10-13,15H2. The number of hydrogen-bond donors (Lipinski definition) is 1. The fraction of sp³-hybridized carbons (Fsp3) is 0.292. The Morgan fingerprint density at radius 1 is 1.06 bits per heavy atom. The smallest absolute Gasteiger partial charge is 0.356 e. The lowest BCUT2D eigenvalue weighted by Gasteiger charge is -2.37. The van der Waals surface area contributed by atoms with E-state index in [0.29, 0.717) is 24.5 Å². The van der Waals surface area contributed by atoms with Gasteiger partial charge >= 0.3 is 6.18 Å². The predicted octanol–water partition coefficient (Wildman–Crippen LogP) is 3.43. The Bertz CT molecular complexity index is 1130. The molecule has 7 nitrogen and oxygen atoms in total. The van der Waals surface area contributed by atoms with Gasteiger partial charge in [0.05, 0.1) is 16.8 Å². The van der Waals surface area contributed by atoms with Gasteiger partial charge in [0, 0.05) is 44.4 Å². The molecule has 0 saturated carbocycles. The normalized spacial score (nSPS) is 15.8. The van der Waals surface area contributed by atoms with E-state index in [-0.39, 0.29) is 25.2 Å². The summed E-state index contributed by atoms with van der Waals surface area (Å²) in [6.07, 6.45) is -4.48. The lowest BCUT2D eigenvalue weighted by Crippen LogP contribution is -2.56. The molecule has 34 heavy (non-hydrogen) atoms. The van der Waals surface area contributed by atoms with E-state index in [0.717, 1.165) is 17.9 Å². The number of halogens is 3. The Hall–Kier alpha value is -3.50.